The number of halogens is 2. The topological polar surface area (TPSA) is 49.5 Å². The molecule has 3 nitrogen and oxygen atoms in total. The van der Waals surface area contributed by atoms with Crippen molar-refractivity contribution in [2.45, 2.75) is 45.9 Å². The Morgan fingerprint density at radius 1 is 1.16 bits per heavy atom. The van der Waals surface area contributed by atoms with Crippen LogP contribution in [0.25, 0.3) is 0 Å². The van der Waals surface area contributed by atoms with Crippen molar-refractivity contribution in [1.29, 1.82) is 0 Å². The van der Waals surface area contributed by atoms with E-state index >= 15 is 0 Å². The fraction of sp³-hybridized carbons (Fsp3) is 0.571. The molecule has 1 aromatic carbocycles. The molecule has 1 atom stereocenters. The number of hydrogen-bond donors (Lipinski definition) is 2. The summed E-state index contributed by atoms with van der Waals surface area (Å²) in [4.78, 5) is 2.25. The highest BCUT2D eigenvalue weighted by Gasteiger charge is 2.21. The second-order valence-electron chi connectivity index (χ2n) is 5.29. The first kappa shape index (κ1) is 17.0. The van der Waals surface area contributed by atoms with Gasteiger partial charge in [0, 0.05) is 33.1 Å². The minimum absolute atomic E-state index is 0.381. The third-order valence-electron chi connectivity index (χ3n) is 3.20. The Morgan fingerprint density at radius 3 is 2.16 bits per heavy atom. The first-order valence-corrected chi connectivity index (χ1v) is 8.00. The van der Waals surface area contributed by atoms with E-state index in [2.05, 4.69) is 64.5 Å². The van der Waals surface area contributed by atoms with Crippen molar-refractivity contribution in [2.75, 3.05) is 12.3 Å². The molecular weight excluding hydrogens is 372 g/mol. The number of hydrogen-bond acceptors (Lipinski definition) is 3. The summed E-state index contributed by atoms with van der Waals surface area (Å²) in [5, 5.41) is 10.5. The van der Waals surface area contributed by atoms with Gasteiger partial charge < -0.3 is 10.8 Å². The molecule has 3 N–H and O–H groups in total. The number of aliphatic hydroxyl groups excluding tert-OH is 1. The minimum Gasteiger partial charge on any atom is -0.398 e. The first-order valence-electron chi connectivity index (χ1n) is 6.42. The number of nitrogens with two attached hydrogens (primary N) is 1. The van der Waals surface area contributed by atoms with E-state index in [0.29, 0.717) is 24.3 Å². The van der Waals surface area contributed by atoms with Crippen molar-refractivity contribution in [3.05, 3.63) is 26.6 Å². The normalized spacial score (nSPS) is 13.6. The van der Waals surface area contributed by atoms with Crippen LogP contribution < -0.4 is 5.73 Å². The highest BCUT2D eigenvalue weighted by molar-refractivity contribution is 9.11. The lowest BCUT2D eigenvalue weighted by Crippen LogP contribution is -2.40. The molecule has 0 fully saturated rings. The second-order valence-corrected chi connectivity index (χ2v) is 7.06. The van der Waals surface area contributed by atoms with Gasteiger partial charge in [0.05, 0.1) is 11.8 Å². The van der Waals surface area contributed by atoms with Crippen molar-refractivity contribution >= 4 is 37.5 Å². The van der Waals surface area contributed by atoms with Gasteiger partial charge in [0.2, 0.25) is 0 Å². The summed E-state index contributed by atoms with van der Waals surface area (Å²) in [6, 6.07) is 4.52. The molecule has 0 heterocycles. The van der Waals surface area contributed by atoms with E-state index < -0.39 is 6.10 Å². The number of aliphatic hydroxyl groups is 1. The van der Waals surface area contributed by atoms with Gasteiger partial charge in [-0.3, -0.25) is 4.90 Å². The SMILES string of the molecule is CC(C)N(CC(O)c1cc(Br)cc(Br)c1N)C(C)C. The average Bonchev–Trinajstić information content (AvgIpc) is 2.29. The highest BCUT2D eigenvalue weighted by Crippen LogP contribution is 2.32. The molecule has 1 rings (SSSR count). The average molecular weight is 394 g/mol. The van der Waals surface area contributed by atoms with Gasteiger partial charge in [0.15, 0.2) is 0 Å². The number of nitrogen functional groups attached to an aromatic ring is 1. The molecule has 0 aliphatic heterocycles. The van der Waals surface area contributed by atoms with Crippen LogP contribution in [0, 0.1) is 0 Å². The first-order chi connectivity index (χ1) is 8.73. The van der Waals surface area contributed by atoms with Gasteiger partial charge in [0.1, 0.15) is 0 Å². The number of rotatable bonds is 5. The maximum atomic E-state index is 10.5. The molecule has 0 spiro atoms. The van der Waals surface area contributed by atoms with Gasteiger partial charge in [-0.1, -0.05) is 15.9 Å². The van der Waals surface area contributed by atoms with E-state index in [0.717, 1.165) is 14.5 Å². The van der Waals surface area contributed by atoms with E-state index in [1.807, 2.05) is 12.1 Å². The minimum atomic E-state index is -0.599. The Balaban J connectivity index is 2.97. The predicted octanol–water partition coefficient (Wildman–Crippen LogP) is 3.95. The van der Waals surface area contributed by atoms with E-state index in [1.54, 1.807) is 0 Å². The van der Waals surface area contributed by atoms with Crippen molar-refractivity contribution in [3.8, 4) is 0 Å². The van der Waals surface area contributed by atoms with Crippen molar-refractivity contribution in [3.63, 3.8) is 0 Å². The Hall–Kier alpha value is -0.100. The monoisotopic (exact) mass is 392 g/mol. The molecule has 0 aromatic heterocycles. The molecule has 0 aliphatic rings. The standard InChI is InChI=1S/C14H22Br2N2O/c1-8(2)18(9(3)4)7-13(19)11-5-10(15)6-12(16)14(11)17/h5-6,8-9,13,19H,7,17H2,1-4H3. The molecule has 0 radical (unpaired) electrons. The Bertz CT molecular complexity index is 428. The predicted molar refractivity (Wildman–Crippen MR) is 88.2 cm³/mol. The van der Waals surface area contributed by atoms with Gasteiger partial charge in [-0.15, -0.1) is 0 Å². The van der Waals surface area contributed by atoms with E-state index in [4.69, 9.17) is 5.73 Å². The number of anilines is 1. The maximum absolute atomic E-state index is 10.5. The highest BCUT2D eigenvalue weighted by atomic mass is 79.9. The molecular formula is C14H22Br2N2O. The third-order valence-corrected chi connectivity index (χ3v) is 4.31. The molecule has 19 heavy (non-hydrogen) atoms. The fourth-order valence-electron chi connectivity index (χ4n) is 2.20. The summed E-state index contributed by atoms with van der Waals surface area (Å²) in [5.41, 5.74) is 7.39. The molecule has 108 valence electrons. The van der Waals surface area contributed by atoms with Crippen molar-refractivity contribution < 1.29 is 5.11 Å². The largest absolute Gasteiger partial charge is 0.398 e. The van der Waals surface area contributed by atoms with E-state index in [-0.39, 0.29) is 0 Å². The summed E-state index contributed by atoms with van der Waals surface area (Å²) >= 11 is 6.84. The molecule has 1 aromatic rings. The van der Waals surface area contributed by atoms with Crippen molar-refractivity contribution in [2.24, 2.45) is 0 Å². The van der Waals surface area contributed by atoms with Crippen LogP contribution in [0.3, 0.4) is 0 Å². The van der Waals surface area contributed by atoms with Crippen LogP contribution in [-0.2, 0) is 0 Å². The van der Waals surface area contributed by atoms with Gasteiger partial charge >= 0.3 is 0 Å². The fourth-order valence-corrected chi connectivity index (χ4v) is 3.45. The zero-order valence-corrected chi connectivity index (χ0v) is 15.0. The van der Waals surface area contributed by atoms with Gasteiger partial charge in [-0.2, -0.15) is 0 Å². The Labute approximate surface area is 132 Å². The van der Waals surface area contributed by atoms with Crippen LogP contribution in [-0.4, -0.2) is 28.6 Å². The summed E-state index contributed by atoms with van der Waals surface area (Å²) < 4.78 is 1.71. The zero-order chi connectivity index (χ0) is 14.7. The number of benzene rings is 1. The summed E-state index contributed by atoms with van der Waals surface area (Å²) in [6.07, 6.45) is -0.599. The summed E-state index contributed by atoms with van der Waals surface area (Å²) in [6.45, 7) is 9.10. The van der Waals surface area contributed by atoms with Crippen LogP contribution in [0.4, 0.5) is 5.69 Å². The summed E-state index contributed by atoms with van der Waals surface area (Å²) in [5.74, 6) is 0. The molecule has 0 saturated heterocycles. The quantitative estimate of drug-likeness (QED) is 0.744. The van der Waals surface area contributed by atoms with E-state index in [1.165, 1.54) is 0 Å². The molecule has 1 unspecified atom stereocenters. The maximum Gasteiger partial charge on any atom is 0.0937 e. The van der Waals surface area contributed by atoms with Crippen LogP contribution in [0.2, 0.25) is 0 Å². The smallest absolute Gasteiger partial charge is 0.0937 e. The van der Waals surface area contributed by atoms with Gasteiger partial charge in [-0.25, -0.2) is 0 Å². The lowest BCUT2D eigenvalue weighted by atomic mass is 10.1. The number of nitrogens with zero attached hydrogens (tertiary/aromatic N) is 1. The van der Waals surface area contributed by atoms with Gasteiger partial charge in [-0.05, 0) is 55.8 Å². The van der Waals surface area contributed by atoms with E-state index in [9.17, 15) is 5.11 Å². The van der Waals surface area contributed by atoms with Crippen LogP contribution in [0.5, 0.6) is 0 Å². The van der Waals surface area contributed by atoms with Gasteiger partial charge in [0.25, 0.3) is 0 Å². The second kappa shape index (κ2) is 7.07. The molecule has 5 heteroatoms. The van der Waals surface area contributed by atoms with Crippen LogP contribution in [0.15, 0.2) is 21.1 Å². The lowest BCUT2D eigenvalue weighted by Gasteiger charge is -2.32. The molecule has 0 aliphatic carbocycles. The van der Waals surface area contributed by atoms with Crippen LogP contribution >= 0.6 is 31.9 Å². The molecule has 0 amide bonds. The Morgan fingerprint density at radius 2 is 1.68 bits per heavy atom. The Kier molecular flexibility index (Phi) is 6.30. The van der Waals surface area contributed by atoms with Crippen LogP contribution in [0.1, 0.15) is 39.4 Å². The molecule has 0 saturated carbocycles. The molecule has 0 bridgehead atoms. The summed E-state index contributed by atoms with van der Waals surface area (Å²) in [7, 11) is 0. The third kappa shape index (κ3) is 4.45. The zero-order valence-electron chi connectivity index (χ0n) is 11.8. The lowest BCUT2D eigenvalue weighted by molar-refractivity contribution is 0.0760. The van der Waals surface area contributed by atoms with Crippen molar-refractivity contribution in [1.82, 2.24) is 4.90 Å².